The van der Waals surface area contributed by atoms with E-state index in [0.29, 0.717) is 30.6 Å². The first kappa shape index (κ1) is 35.5. The van der Waals surface area contributed by atoms with Gasteiger partial charge in [-0.3, -0.25) is 19.5 Å². The maximum Gasteiger partial charge on any atom is 0.325 e. The van der Waals surface area contributed by atoms with E-state index in [1.165, 1.54) is 11.0 Å². The molecule has 1 amide bonds. The predicted octanol–water partition coefficient (Wildman–Crippen LogP) is 8.24. The number of aromatic nitrogens is 3. The summed E-state index contributed by atoms with van der Waals surface area (Å²) < 4.78 is 31.6. The Hall–Kier alpha value is -6.52. The SMILES string of the molecule is O=C(N[C@@H]1CCCN(C(C(=O)O)c2c(F)cccc2F)C1)c1ccc2c(c1)c(-c1ccncc1)nn2C(c1ccccc1)(c1ccccc1)c1ccccc1. The molecule has 1 aliphatic heterocycles. The van der Waals surface area contributed by atoms with Crippen molar-refractivity contribution in [2.45, 2.75) is 30.5 Å². The topological polar surface area (TPSA) is 100 Å². The molecular weight excluding hydrogens is 697 g/mol. The number of aliphatic carboxylic acids is 1. The highest BCUT2D eigenvalue weighted by Crippen LogP contribution is 2.44. The van der Waals surface area contributed by atoms with E-state index in [1.807, 2.05) is 83.5 Å². The second kappa shape index (κ2) is 15.1. The number of carboxylic acids is 1. The van der Waals surface area contributed by atoms with E-state index in [-0.39, 0.29) is 12.5 Å². The number of hydrogen-bond donors (Lipinski definition) is 2. The Morgan fingerprint density at radius 1 is 0.764 bits per heavy atom. The Bertz CT molecular complexity index is 2340. The summed E-state index contributed by atoms with van der Waals surface area (Å²) in [5.41, 5.74) is 4.23. The van der Waals surface area contributed by atoms with Crippen LogP contribution in [0.25, 0.3) is 22.2 Å². The molecule has 2 atom stereocenters. The molecule has 0 aliphatic carbocycles. The molecule has 1 unspecified atom stereocenters. The smallest absolute Gasteiger partial charge is 0.325 e. The fourth-order valence-corrected chi connectivity index (χ4v) is 8.00. The van der Waals surface area contributed by atoms with Crippen molar-refractivity contribution >= 4 is 22.8 Å². The molecule has 3 heterocycles. The zero-order valence-corrected chi connectivity index (χ0v) is 29.7. The van der Waals surface area contributed by atoms with E-state index < -0.39 is 40.8 Å². The van der Waals surface area contributed by atoms with Crippen molar-refractivity contribution in [3.63, 3.8) is 0 Å². The van der Waals surface area contributed by atoms with Crippen LogP contribution in [-0.4, -0.2) is 55.8 Å². The van der Waals surface area contributed by atoms with Crippen LogP contribution in [-0.2, 0) is 10.3 Å². The predicted molar refractivity (Wildman–Crippen MR) is 206 cm³/mol. The number of nitrogens with zero attached hydrogens (tertiary/aromatic N) is 4. The first-order valence-corrected chi connectivity index (χ1v) is 18.2. The molecule has 0 bridgehead atoms. The van der Waals surface area contributed by atoms with Gasteiger partial charge in [0.25, 0.3) is 5.91 Å². The van der Waals surface area contributed by atoms with E-state index in [9.17, 15) is 23.5 Å². The molecule has 8 nitrogen and oxygen atoms in total. The summed E-state index contributed by atoms with van der Waals surface area (Å²) in [5.74, 6) is -3.56. The molecule has 5 aromatic carbocycles. The zero-order chi connectivity index (χ0) is 37.9. The first-order chi connectivity index (χ1) is 26.9. The Kier molecular flexibility index (Phi) is 9.73. The number of hydrogen-bond acceptors (Lipinski definition) is 5. The summed E-state index contributed by atoms with van der Waals surface area (Å²) in [7, 11) is 0. The quantitative estimate of drug-likeness (QED) is 0.138. The summed E-state index contributed by atoms with van der Waals surface area (Å²) >= 11 is 0. The van der Waals surface area contributed by atoms with Gasteiger partial charge in [0.1, 0.15) is 28.9 Å². The van der Waals surface area contributed by atoms with Crippen molar-refractivity contribution < 1.29 is 23.5 Å². The summed E-state index contributed by atoms with van der Waals surface area (Å²) in [6, 6.07) is 41.3. The van der Waals surface area contributed by atoms with Crippen molar-refractivity contribution in [1.29, 1.82) is 0 Å². The number of carbonyl (C=O) groups is 2. The summed E-state index contributed by atoms with van der Waals surface area (Å²) in [6.07, 6.45) is 4.53. The molecule has 0 saturated carbocycles. The van der Waals surface area contributed by atoms with Crippen molar-refractivity contribution in [2.24, 2.45) is 0 Å². The summed E-state index contributed by atoms with van der Waals surface area (Å²) in [5, 5.41) is 19.3. The number of nitrogens with one attached hydrogen (secondary N) is 1. The lowest BCUT2D eigenvalue weighted by molar-refractivity contribution is -0.144. The average molecular weight is 734 g/mol. The first-order valence-electron chi connectivity index (χ1n) is 18.2. The Balaban J connectivity index is 1.22. The molecule has 1 fully saturated rings. The van der Waals surface area contributed by atoms with Gasteiger partial charge in [0, 0.05) is 41.5 Å². The third-order valence-electron chi connectivity index (χ3n) is 10.4. The molecule has 0 radical (unpaired) electrons. The minimum atomic E-state index is -1.54. The van der Waals surface area contributed by atoms with Gasteiger partial charge in [-0.1, -0.05) is 97.1 Å². The number of carbonyl (C=O) groups excluding carboxylic acids is 1. The molecule has 8 rings (SSSR count). The maximum atomic E-state index is 14.8. The maximum absolute atomic E-state index is 14.8. The fourth-order valence-electron chi connectivity index (χ4n) is 8.00. The molecule has 2 aromatic heterocycles. The van der Waals surface area contributed by atoms with Crippen molar-refractivity contribution in [2.75, 3.05) is 13.1 Å². The molecule has 10 heteroatoms. The highest BCUT2D eigenvalue weighted by molar-refractivity contribution is 6.02. The lowest BCUT2D eigenvalue weighted by Gasteiger charge is -2.37. The highest BCUT2D eigenvalue weighted by atomic mass is 19.1. The van der Waals surface area contributed by atoms with E-state index in [2.05, 4.69) is 46.7 Å². The molecule has 2 N–H and O–H groups in total. The van der Waals surface area contributed by atoms with Crippen LogP contribution >= 0.6 is 0 Å². The van der Waals surface area contributed by atoms with Gasteiger partial charge >= 0.3 is 5.97 Å². The molecule has 1 saturated heterocycles. The van der Waals surface area contributed by atoms with E-state index in [4.69, 9.17) is 5.10 Å². The third kappa shape index (κ3) is 6.55. The lowest BCUT2D eigenvalue weighted by atomic mass is 9.77. The minimum Gasteiger partial charge on any atom is -0.480 e. The summed E-state index contributed by atoms with van der Waals surface area (Å²) in [6.45, 7) is 0.413. The Morgan fingerprint density at radius 2 is 1.35 bits per heavy atom. The van der Waals surface area contributed by atoms with E-state index >= 15 is 0 Å². The number of amides is 1. The van der Waals surface area contributed by atoms with Gasteiger partial charge in [-0.2, -0.15) is 5.10 Å². The largest absolute Gasteiger partial charge is 0.480 e. The van der Waals surface area contributed by atoms with Crippen LogP contribution in [0.1, 0.15) is 51.5 Å². The molecule has 55 heavy (non-hydrogen) atoms. The number of fused-ring (bicyclic) bond motifs is 1. The van der Waals surface area contributed by atoms with Crippen LogP contribution in [0, 0.1) is 11.6 Å². The van der Waals surface area contributed by atoms with Crippen molar-refractivity contribution in [3.05, 3.63) is 191 Å². The molecule has 0 spiro atoms. The highest BCUT2D eigenvalue weighted by Gasteiger charge is 2.41. The van der Waals surface area contributed by atoms with Gasteiger partial charge in [0.05, 0.1) is 11.1 Å². The standard InChI is InChI=1S/C45H37F2N5O3/c46-37-19-10-20-38(47)40(37)42(44(54)55)51-27-11-18-35(29-51)49-43(53)31-21-22-39-36(28-31)41(30-23-25-48-26-24-30)50-52(39)45(32-12-4-1-5-13-32,33-14-6-2-7-15-33)34-16-8-3-9-17-34/h1-10,12-17,19-26,28,35,42H,11,18,27,29H2,(H,49,53)(H,54,55)/t35-,42?/m1/s1. The number of pyridine rings is 1. The van der Waals surface area contributed by atoms with Crippen LogP contribution in [0.2, 0.25) is 0 Å². The van der Waals surface area contributed by atoms with Crippen LogP contribution in [0.15, 0.2) is 152 Å². The second-order valence-corrected chi connectivity index (χ2v) is 13.7. The molecule has 1 aliphatic rings. The third-order valence-corrected chi connectivity index (χ3v) is 10.4. The van der Waals surface area contributed by atoms with Gasteiger partial charge in [-0.05, 0) is 78.5 Å². The monoisotopic (exact) mass is 733 g/mol. The van der Waals surface area contributed by atoms with Gasteiger partial charge in [-0.25, -0.2) is 13.5 Å². The number of piperidine rings is 1. The summed E-state index contributed by atoms with van der Waals surface area (Å²) in [4.78, 5) is 32.2. The van der Waals surface area contributed by atoms with E-state index in [0.717, 1.165) is 45.3 Å². The fraction of sp³-hybridized carbons (Fsp3) is 0.156. The lowest BCUT2D eigenvalue weighted by Crippen LogP contribution is -2.50. The zero-order valence-electron chi connectivity index (χ0n) is 29.7. The van der Waals surface area contributed by atoms with Crippen LogP contribution < -0.4 is 5.32 Å². The van der Waals surface area contributed by atoms with Crippen LogP contribution in [0.4, 0.5) is 8.78 Å². The normalized spacial score (nSPS) is 15.4. The average Bonchev–Trinajstić information content (AvgIpc) is 3.60. The number of likely N-dealkylation sites (tertiary alicyclic amines) is 1. The second-order valence-electron chi connectivity index (χ2n) is 13.7. The van der Waals surface area contributed by atoms with Crippen LogP contribution in [0.3, 0.4) is 0 Å². The number of benzene rings is 5. The van der Waals surface area contributed by atoms with Gasteiger partial charge in [0.2, 0.25) is 0 Å². The van der Waals surface area contributed by atoms with Crippen molar-refractivity contribution in [1.82, 2.24) is 25.0 Å². The Morgan fingerprint density at radius 3 is 1.91 bits per heavy atom. The molecule has 274 valence electrons. The molecular formula is C45H37F2N5O3. The Labute approximate surface area is 316 Å². The van der Waals surface area contributed by atoms with E-state index in [1.54, 1.807) is 18.5 Å². The van der Waals surface area contributed by atoms with Gasteiger partial charge < -0.3 is 10.4 Å². The van der Waals surface area contributed by atoms with Gasteiger partial charge in [0.15, 0.2) is 0 Å². The number of halogens is 2. The van der Waals surface area contributed by atoms with Crippen molar-refractivity contribution in [3.8, 4) is 11.3 Å². The van der Waals surface area contributed by atoms with Crippen LogP contribution in [0.5, 0.6) is 0 Å². The minimum absolute atomic E-state index is 0.104. The van der Waals surface area contributed by atoms with Gasteiger partial charge in [-0.15, -0.1) is 0 Å². The number of carboxylic acid groups (broad SMARTS) is 1. The number of rotatable bonds is 10. The molecule has 7 aromatic rings.